The number of aryl methyl sites for hydroxylation is 2. The normalized spacial score (nSPS) is 10.4. The predicted octanol–water partition coefficient (Wildman–Crippen LogP) is 5.05. The number of hydrogen-bond donors (Lipinski definition) is 2. The summed E-state index contributed by atoms with van der Waals surface area (Å²) in [4.78, 5) is 12.0. The number of carbonyl (C=O) groups is 1. The molecule has 116 valence electrons. The molecule has 0 aromatic heterocycles. The Morgan fingerprint density at radius 2 is 1.64 bits per heavy atom. The van der Waals surface area contributed by atoms with Crippen LogP contribution in [0.5, 0.6) is 0 Å². The van der Waals surface area contributed by atoms with Crippen molar-refractivity contribution in [2.24, 2.45) is 0 Å². The average molecular weight is 337 g/mol. The van der Waals surface area contributed by atoms with Gasteiger partial charge in [-0.1, -0.05) is 41.4 Å². The van der Waals surface area contributed by atoms with Crippen molar-refractivity contribution in [3.63, 3.8) is 0 Å². The fraction of sp³-hybridized carbons (Fsp3) is 0.235. The summed E-state index contributed by atoms with van der Waals surface area (Å²) in [6.07, 6.45) is 0.359. The number of carbonyl (C=O) groups excluding carboxylic acids is 1. The van der Waals surface area contributed by atoms with Gasteiger partial charge in [0.05, 0.1) is 0 Å². The van der Waals surface area contributed by atoms with Crippen molar-refractivity contribution in [3.8, 4) is 0 Å². The van der Waals surface area contributed by atoms with Crippen LogP contribution in [0.4, 0.5) is 11.4 Å². The van der Waals surface area contributed by atoms with E-state index in [0.717, 1.165) is 5.69 Å². The number of hydrogen-bond acceptors (Lipinski definition) is 2. The van der Waals surface area contributed by atoms with Gasteiger partial charge in [0, 0.05) is 34.4 Å². The van der Waals surface area contributed by atoms with E-state index in [4.69, 9.17) is 23.2 Å². The molecule has 0 aliphatic heterocycles. The molecule has 0 atom stereocenters. The molecule has 0 saturated heterocycles. The minimum absolute atomic E-state index is 0.0860. The molecule has 5 heteroatoms. The van der Waals surface area contributed by atoms with E-state index in [2.05, 4.69) is 10.6 Å². The van der Waals surface area contributed by atoms with Gasteiger partial charge in [0.25, 0.3) is 0 Å². The molecule has 0 radical (unpaired) electrons. The molecule has 22 heavy (non-hydrogen) atoms. The summed E-state index contributed by atoms with van der Waals surface area (Å²) in [5, 5.41) is 7.09. The molecule has 2 aromatic carbocycles. The van der Waals surface area contributed by atoms with Crippen molar-refractivity contribution in [2.75, 3.05) is 17.2 Å². The molecule has 2 rings (SSSR count). The Hall–Kier alpha value is -1.71. The van der Waals surface area contributed by atoms with E-state index in [-0.39, 0.29) is 5.91 Å². The summed E-state index contributed by atoms with van der Waals surface area (Å²) in [6, 6.07) is 11.1. The Bertz CT molecular complexity index is 646. The Labute approximate surface area is 140 Å². The van der Waals surface area contributed by atoms with Crippen LogP contribution < -0.4 is 10.6 Å². The Morgan fingerprint density at radius 3 is 2.23 bits per heavy atom. The summed E-state index contributed by atoms with van der Waals surface area (Å²) in [6.45, 7) is 4.65. The lowest BCUT2D eigenvalue weighted by molar-refractivity contribution is -0.115. The average Bonchev–Trinajstić information content (AvgIpc) is 2.41. The van der Waals surface area contributed by atoms with E-state index in [9.17, 15) is 4.79 Å². The van der Waals surface area contributed by atoms with Crippen LogP contribution in [-0.4, -0.2) is 12.5 Å². The third kappa shape index (κ3) is 4.65. The monoisotopic (exact) mass is 336 g/mol. The van der Waals surface area contributed by atoms with E-state index >= 15 is 0 Å². The van der Waals surface area contributed by atoms with Gasteiger partial charge in [0.2, 0.25) is 5.91 Å². The fourth-order valence-electron chi connectivity index (χ4n) is 2.24. The van der Waals surface area contributed by atoms with E-state index in [0.29, 0.717) is 28.7 Å². The second-order valence-electron chi connectivity index (χ2n) is 5.15. The highest BCUT2D eigenvalue weighted by Crippen LogP contribution is 2.23. The Morgan fingerprint density at radius 1 is 1.05 bits per heavy atom. The van der Waals surface area contributed by atoms with Gasteiger partial charge in [0.1, 0.15) is 0 Å². The summed E-state index contributed by atoms with van der Waals surface area (Å²) in [7, 11) is 0. The number of halogens is 2. The van der Waals surface area contributed by atoms with Crippen molar-refractivity contribution in [1.29, 1.82) is 0 Å². The lowest BCUT2D eigenvalue weighted by atomic mass is 10.1. The van der Waals surface area contributed by atoms with Crippen LogP contribution in [0, 0.1) is 13.8 Å². The summed E-state index contributed by atoms with van der Waals surface area (Å²) < 4.78 is 0. The maximum Gasteiger partial charge on any atom is 0.226 e. The number of anilines is 2. The van der Waals surface area contributed by atoms with Crippen molar-refractivity contribution in [1.82, 2.24) is 0 Å². The van der Waals surface area contributed by atoms with Crippen LogP contribution >= 0.6 is 23.2 Å². The zero-order valence-corrected chi connectivity index (χ0v) is 14.1. The predicted molar refractivity (Wildman–Crippen MR) is 94.1 cm³/mol. The van der Waals surface area contributed by atoms with Crippen LogP contribution in [0.2, 0.25) is 10.0 Å². The van der Waals surface area contributed by atoms with Crippen LogP contribution in [-0.2, 0) is 4.79 Å². The van der Waals surface area contributed by atoms with Crippen molar-refractivity contribution >= 4 is 40.5 Å². The topological polar surface area (TPSA) is 41.1 Å². The molecular weight excluding hydrogens is 319 g/mol. The highest BCUT2D eigenvalue weighted by molar-refractivity contribution is 6.35. The van der Waals surface area contributed by atoms with Gasteiger partial charge >= 0.3 is 0 Å². The van der Waals surface area contributed by atoms with Gasteiger partial charge in [-0.25, -0.2) is 0 Å². The van der Waals surface area contributed by atoms with Gasteiger partial charge in [0.15, 0.2) is 0 Å². The summed E-state index contributed by atoms with van der Waals surface area (Å²) in [5.74, 6) is -0.0860. The molecule has 0 saturated carbocycles. The van der Waals surface area contributed by atoms with Gasteiger partial charge in [-0.3, -0.25) is 4.79 Å². The molecule has 1 amide bonds. The number of benzene rings is 2. The van der Waals surface area contributed by atoms with Gasteiger partial charge in [-0.15, -0.1) is 0 Å². The first-order chi connectivity index (χ1) is 10.5. The van der Waals surface area contributed by atoms with E-state index in [1.165, 1.54) is 11.1 Å². The molecule has 0 aliphatic rings. The number of nitrogens with one attached hydrogen (secondary N) is 2. The molecule has 0 fully saturated rings. The molecule has 2 aromatic rings. The van der Waals surface area contributed by atoms with Crippen molar-refractivity contribution in [3.05, 3.63) is 57.6 Å². The maximum absolute atomic E-state index is 12.0. The second-order valence-corrected chi connectivity index (χ2v) is 6.02. The largest absolute Gasteiger partial charge is 0.384 e. The number of rotatable bonds is 5. The van der Waals surface area contributed by atoms with E-state index < -0.39 is 0 Å². The van der Waals surface area contributed by atoms with Crippen LogP contribution in [0.1, 0.15) is 17.5 Å². The highest BCUT2D eigenvalue weighted by atomic mass is 35.5. The van der Waals surface area contributed by atoms with Crippen LogP contribution in [0.25, 0.3) is 0 Å². The highest BCUT2D eigenvalue weighted by Gasteiger charge is 2.06. The fourth-order valence-corrected chi connectivity index (χ4v) is 2.77. The third-order valence-corrected chi connectivity index (χ3v) is 3.72. The third-order valence-electron chi connectivity index (χ3n) is 3.28. The zero-order valence-electron chi connectivity index (χ0n) is 12.5. The molecular formula is C17H18Cl2N2O. The summed E-state index contributed by atoms with van der Waals surface area (Å²) in [5.41, 5.74) is 4.03. The minimum atomic E-state index is -0.0860. The van der Waals surface area contributed by atoms with E-state index in [1.54, 1.807) is 18.2 Å². The number of para-hydroxylation sites is 1. The van der Waals surface area contributed by atoms with Crippen molar-refractivity contribution in [2.45, 2.75) is 20.3 Å². The quantitative estimate of drug-likeness (QED) is 0.801. The Balaban J connectivity index is 1.88. The van der Waals surface area contributed by atoms with Crippen LogP contribution in [0.3, 0.4) is 0 Å². The maximum atomic E-state index is 12.0. The molecule has 2 N–H and O–H groups in total. The first-order valence-electron chi connectivity index (χ1n) is 7.02. The molecule has 0 bridgehead atoms. The SMILES string of the molecule is Cc1cccc(C)c1NCCC(=O)Nc1cc(Cl)cc(Cl)c1. The van der Waals surface area contributed by atoms with E-state index in [1.807, 2.05) is 32.0 Å². The Kier molecular flexibility index (Phi) is 5.69. The molecule has 0 spiro atoms. The first kappa shape index (κ1) is 16.7. The lowest BCUT2D eigenvalue weighted by Crippen LogP contribution is -2.16. The molecule has 0 aliphatic carbocycles. The second kappa shape index (κ2) is 7.52. The smallest absolute Gasteiger partial charge is 0.226 e. The minimum Gasteiger partial charge on any atom is -0.384 e. The number of amides is 1. The molecule has 0 heterocycles. The zero-order chi connectivity index (χ0) is 16.1. The first-order valence-corrected chi connectivity index (χ1v) is 7.77. The molecule has 3 nitrogen and oxygen atoms in total. The van der Waals surface area contributed by atoms with Crippen molar-refractivity contribution < 1.29 is 4.79 Å². The lowest BCUT2D eigenvalue weighted by Gasteiger charge is -2.12. The van der Waals surface area contributed by atoms with Gasteiger partial charge in [-0.2, -0.15) is 0 Å². The van der Waals surface area contributed by atoms with Crippen LogP contribution in [0.15, 0.2) is 36.4 Å². The standard InChI is InChI=1S/C17H18Cl2N2O/c1-11-4-3-5-12(2)17(11)20-7-6-16(22)21-15-9-13(18)8-14(19)10-15/h3-5,8-10,20H,6-7H2,1-2H3,(H,21,22). The van der Waals surface area contributed by atoms with Gasteiger partial charge in [-0.05, 0) is 43.2 Å². The molecule has 0 unspecified atom stereocenters. The summed E-state index contributed by atoms with van der Waals surface area (Å²) >= 11 is 11.8. The van der Waals surface area contributed by atoms with Gasteiger partial charge < -0.3 is 10.6 Å².